The molecule has 3 aromatic rings. The van der Waals surface area contributed by atoms with Crippen LogP contribution >= 0.6 is 27.7 Å². The average Bonchev–Trinajstić information content (AvgIpc) is 3.11. The van der Waals surface area contributed by atoms with E-state index in [1.807, 2.05) is 28.8 Å². The lowest BCUT2D eigenvalue weighted by Crippen LogP contribution is -2.08. The van der Waals surface area contributed by atoms with Crippen molar-refractivity contribution < 1.29 is 23.0 Å². The molecule has 0 aliphatic carbocycles. The zero-order chi connectivity index (χ0) is 20.8. The van der Waals surface area contributed by atoms with Crippen molar-refractivity contribution in [2.24, 2.45) is 0 Å². The van der Waals surface area contributed by atoms with Crippen LogP contribution in [0.25, 0.3) is 16.9 Å². The molecule has 2 aromatic carbocycles. The molecule has 1 aromatic heterocycles. The molecule has 152 valence electrons. The van der Waals surface area contributed by atoms with Crippen molar-refractivity contribution in [2.45, 2.75) is 18.7 Å². The second kappa shape index (κ2) is 9.89. The zero-order valence-corrected chi connectivity index (χ0v) is 17.8. The molecule has 0 aliphatic heterocycles. The van der Waals surface area contributed by atoms with Gasteiger partial charge in [-0.25, -0.2) is 4.98 Å². The third-order valence-electron chi connectivity index (χ3n) is 3.81. The minimum atomic E-state index is -2.89. The summed E-state index contributed by atoms with van der Waals surface area (Å²) in [6.07, 6.45) is 1.71. The topological polar surface area (TPSA) is 53.3 Å². The summed E-state index contributed by atoms with van der Waals surface area (Å²) in [6, 6.07) is 14.0. The zero-order valence-electron chi connectivity index (χ0n) is 15.3. The molecular weight excluding hydrogens is 466 g/mol. The first-order valence-electron chi connectivity index (χ1n) is 8.65. The number of hydrogen-bond acceptors (Lipinski definition) is 5. The fourth-order valence-electron chi connectivity index (χ4n) is 2.61. The van der Waals surface area contributed by atoms with Gasteiger partial charge in [-0.05, 0) is 43.3 Å². The molecular formula is C20H17BrF2N2O3S. The van der Waals surface area contributed by atoms with E-state index in [1.165, 1.54) is 23.9 Å². The Balaban J connectivity index is 1.97. The molecule has 5 nitrogen and oxygen atoms in total. The molecule has 1 heterocycles. The summed E-state index contributed by atoms with van der Waals surface area (Å²) in [7, 11) is 0. The Morgan fingerprint density at radius 3 is 2.48 bits per heavy atom. The first-order chi connectivity index (χ1) is 14.0. The molecule has 0 bridgehead atoms. The van der Waals surface area contributed by atoms with E-state index in [0.29, 0.717) is 17.5 Å². The first kappa shape index (κ1) is 21.3. The van der Waals surface area contributed by atoms with Gasteiger partial charge in [0, 0.05) is 15.7 Å². The van der Waals surface area contributed by atoms with Gasteiger partial charge in [0.15, 0.2) is 5.16 Å². The summed E-state index contributed by atoms with van der Waals surface area (Å²) in [4.78, 5) is 16.2. The number of nitrogens with zero attached hydrogens (tertiary/aromatic N) is 2. The smallest absolute Gasteiger partial charge is 0.387 e. The van der Waals surface area contributed by atoms with Crippen LogP contribution in [0.4, 0.5) is 8.78 Å². The van der Waals surface area contributed by atoms with E-state index < -0.39 is 6.61 Å². The predicted octanol–water partition coefficient (Wildman–Crippen LogP) is 5.56. The normalized spacial score (nSPS) is 10.9. The Kier molecular flexibility index (Phi) is 7.27. The summed E-state index contributed by atoms with van der Waals surface area (Å²) < 4.78 is 37.1. The molecule has 0 saturated heterocycles. The number of hydrogen-bond donors (Lipinski definition) is 0. The Morgan fingerprint density at radius 2 is 1.86 bits per heavy atom. The van der Waals surface area contributed by atoms with Gasteiger partial charge in [-0.3, -0.25) is 9.36 Å². The van der Waals surface area contributed by atoms with Gasteiger partial charge >= 0.3 is 12.6 Å². The van der Waals surface area contributed by atoms with Crippen LogP contribution in [-0.4, -0.2) is 34.5 Å². The molecule has 0 fully saturated rings. The molecule has 9 heteroatoms. The molecule has 0 atom stereocenters. The van der Waals surface area contributed by atoms with E-state index in [2.05, 4.69) is 25.7 Å². The lowest BCUT2D eigenvalue weighted by atomic mass is 10.1. The van der Waals surface area contributed by atoms with E-state index in [9.17, 15) is 13.6 Å². The van der Waals surface area contributed by atoms with Gasteiger partial charge in [0.1, 0.15) is 5.75 Å². The number of aromatic nitrogens is 2. The van der Waals surface area contributed by atoms with E-state index in [-0.39, 0.29) is 17.5 Å². The molecule has 0 unspecified atom stereocenters. The summed E-state index contributed by atoms with van der Waals surface area (Å²) in [5.41, 5.74) is 2.41. The average molecular weight is 483 g/mol. The number of carbonyl (C=O) groups is 1. The minimum Gasteiger partial charge on any atom is -0.465 e. The summed E-state index contributed by atoms with van der Waals surface area (Å²) in [6.45, 7) is -0.829. The van der Waals surface area contributed by atoms with Crippen molar-refractivity contribution >= 4 is 33.7 Å². The van der Waals surface area contributed by atoms with Gasteiger partial charge in [-0.2, -0.15) is 8.78 Å². The third kappa shape index (κ3) is 5.57. The number of esters is 1. The molecule has 0 radical (unpaired) electrons. The van der Waals surface area contributed by atoms with Crippen molar-refractivity contribution in [3.8, 4) is 22.7 Å². The van der Waals surface area contributed by atoms with Gasteiger partial charge in [0.2, 0.25) is 0 Å². The number of imidazole rings is 1. The van der Waals surface area contributed by atoms with E-state index >= 15 is 0 Å². The van der Waals surface area contributed by atoms with Crippen LogP contribution in [0.15, 0.2) is 64.4 Å². The number of benzene rings is 2. The lowest BCUT2D eigenvalue weighted by Gasteiger charge is -2.13. The Bertz CT molecular complexity index is 963. The lowest BCUT2D eigenvalue weighted by molar-refractivity contribution is -0.139. The second-order valence-electron chi connectivity index (χ2n) is 5.73. The molecule has 0 spiro atoms. The van der Waals surface area contributed by atoms with Crippen LogP contribution in [-0.2, 0) is 9.53 Å². The van der Waals surface area contributed by atoms with Gasteiger partial charge in [-0.15, -0.1) is 0 Å². The maximum atomic E-state index is 12.4. The quantitative estimate of drug-likeness (QED) is 0.310. The Morgan fingerprint density at radius 1 is 1.17 bits per heavy atom. The van der Waals surface area contributed by atoms with E-state index in [4.69, 9.17) is 4.74 Å². The van der Waals surface area contributed by atoms with Crippen molar-refractivity contribution in [3.05, 3.63) is 59.2 Å². The number of rotatable bonds is 8. The highest BCUT2D eigenvalue weighted by Crippen LogP contribution is 2.31. The largest absolute Gasteiger partial charge is 0.465 e. The summed E-state index contributed by atoms with van der Waals surface area (Å²) >= 11 is 4.66. The highest BCUT2D eigenvalue weighted by Gasteiger charge is 2.16. The molecule has 3 rings (SSSR count). The van der Waals surface area contributed by atoms with E-state index in [0.717, 1.165) is 15.7 Å². The summed E-state index contributed by atoms with van der Waals surface area (Å²) in [5, 5.41) is 0.582. The first-order valence-corrected chi connectivity index (χ1v) is 10.4. The van der Waals surface area contributed by atoms with Crippen LogP contribution < -0.4 is 4.74 Å². The Hall–Kier alpha value is -2.39. The standard InChI is InChI=1S/C20H17BrF2N2O3S/c1-2-27-18(26)12-29-20-24-11-17(13-3-5-14(21)6-4-13)25(20)15-7-9-16(10-8-15)28-19(22)23/h3-11,19H,2,12H2,1H3. The molecule has 0 saturated carbocycles. The second-order valence-corrected chi connectivity index (χ2v) is 7.59. The SMILES string of the molecule is CCOC(=O)CSc1ncc(-c2ccc(Br)cc2)n1-c1ccc(OC(F)F)cc1. The number of alkyl halides is 2. The Labute approximate surface area is 179 Å². The molecule has 29 heavy (non-hydrogen) atoms. The van der Waals surface area contributed by atoms with Crippen LogP contribution in [0.5, 0.6) is 5.75 Å². The fourth-order valence-corrected chi connectivity index (χ4v) is 3.67. The van der Waals surface area contributed by atoms with Crippen LogP contribution in [0.2, 0.25) is 0 Å². The van der Waals surface area contributed by atoms with E-state index in [1.54, 1.807) is 25.3 Å². The molecule has 0 N–H and O–H groups in total. The fraction of sp³-hybridized carbons (Fsp3) is 0.200. The maximum Gasteiger partial charge on any atom is 0.387 e. The number of thioether (sulfide) groups is 1. The third-order valence-corrected chi connectivity index (χ3v) is 5.27. The van der Waals surface area contributed by atoms with Crippen molar-refractivity contribution in [1.82, 2.24) is 9.55 Å². The monoisotopic (exact) mass is 482 g/mol. The molecule has 0 amide bonds. The number of carbonyl (C=O) groups excluding carboxylic acids is 1. The number of ether oxygens (including phenoxy) is 2. The molecule has 0 aliphatic rings. The van der Waals surface area contributed by atoms with Gasteiger partial charge < -0.3 is 9.47 Å². The maximum absolute atomic E-state index is 12.4. The highest BCUT2D eigenvalue weighted by molar-refractivity contribution is 9.10. The minimum absolute atomic E-state index is 0.0646. The van der Waals surface area contributed by atoms with Crippen LogP contribution in [0, 0.1) is 0 Å². The van der Waals surface area contributed by atoms with Crippen molar-refractivity contribution in [3.63, 3.8) is 0 Å². The van der Waals surface area contributed by atoms with Crippen LogP contribution in [0.1, 0.15) is 6.92 Å². The van der Waals surface area contributed by atoms with Gasteiger partial charge in [0.05, 0.1) is 24.3 Å². The van der Waals surface area contributed by atoms with Gasteiger partial charge in [-0.1, -0.05) is 39.8 Å². The predicted molar refractivity (Wildman–Crippen MR) is 111 cm³/mol. The van der Waals surface area contributed by atoms with Crippen LogP contribution in [0.3, 0.4) is 0 Å². The highest BCUT2D eigenvalue weighted by atomic mass is 79.9. The van der Waals surface area contributed by atoms with Gasteiger partial charge in [0.25, 0.3) is 0 Å². The van der Waals surface area contributed by atoms with Crippen molar-refractivity contribution in [1.29, 1.82) is 0 Å². The van der Waals surface area contributed by atoms with Crippen molar-refractivity contribution in [2.75, 3.05) is 12.4 Å². The number of halogens is 3. The summed E-state index contributed by atoms with van der Waals surface area (Å²) in [5.74, 6) is -0.162.